The van der Waals surface area contributed by atoms with Gasteiger partial charge in [-0.1, -0.05) is 49.7 Å². The highest BCUT2D eigenvalue weighted by Gasteiger charge is 2.29. The molecule has 2 aliphatic carbocycles. The second kappa shape index (κ2) is 5.31. The molecule has 0 aromatic heterocycles. The van der Waals surface area contributed by atoms with E-state index in [2.05, 4.69) is 54.7 Å². The van der Waals surface area contributed by atoms with Crippen LogP contribution in [0, 0.1) is 5.92 Å². The fourth-order valence-corrected chi connectivity index (χ4v) is 3.88. The molecule has 0 radical (unpaired) electrons. The topological polar surface area (TPSA) is 12.0 Å². The van der Waals surface area contributed by atoms with E-state index in [1.54, 1.807) is 0 Å². The SMILES string of the molecule is CCNC(c1ccc2c(c1)-c1ccccc1C2)C1CCC1. The summed E-state index contributed by atoms with van der Waals surface area (Å²) in [6.07, 6.45) is 5.26. The van der Waals surface area contributed by atoms with Crippen LogP contribution in [0.15, 0.2) is 42.5 Å². The van der Waals surface area contributed by atoms with E-state index in [4.69, 9.17) is 0 Å². The summed E-state index contributed by atoms with van der Waals surface area (Å²) >= 11 is 0. The van der Waals surface area contributed by atoms with Crippen LogP contribution in [-0.4, -0.2) is 6.54 Å². The Morgan fingerprint density at radius 3 is 2.62 bits per heavy atom. The van der Waals surface area contributed by atoms with Crippen molar-refractivity contribution in [1.82, 2.24) is 5.32 Å². The summed E-state index contributed by atoms with van der Waals surface area (Å²) in [5.41, 5.74) is 7.36. The lowest BCUT2D eigenvalue weighted by atomic mass is 9.76. The Balaban J connectivity index is 1.72. The molecule has 108 valence electrons. The molecule has 21 heavy (non-hydrogen) atoms. The molecule has 1 nitrogen and oxygen atoms in total. The normalized spacial score (nSPS) is 18.0. The van der Waals surface area contributed by atoms with Gasteiger partial charge < -0.3 is 5.32 Å². The number of nitrogens with one attached hydrogen (secondary N) is 1. The fourth-order valence-electron chi connectivity index (χ4n) is 3.88. The molecule has 1 atom stereocenters. The van der Waals surface area contributed by atoms with Gasteiger partial charge in [-0.2, -0.15) is 0 Å². The van der Waals surface area contributed by atoms with Crippen LogP contribution < -0.4 is 5.32 Å². The largest absolute Gasteiger partial charge is 0.310 e. The highest BCUT2D eigenvalue weighted by Crippen LogP contribution is 2.41. The van der Waals surface area contributed by atoms with E-state index < -0.39 is 0 Å². The van der Waals surface area contributed by atoms with Gasteiger partial charge in [0.1, 0.15) is 0 Å². The standard InChI is InChI=1S/C20H23N/c1-2-21-20(14-7-5-8-14)17-11-10-16-12-15-6-3-4-9-18(15)19(16)13-17/h3-4,6,9-11,13-14,20-21H,2,5,7-8,12H2,1H3. The lowest BCUT2D eigenvalue weighted by molar-refractivity contribution is 0.233. The lowest BCUT2D eigenvalue weighted by Crippen LogP contribution is -2.32. The zero-order chi connectivity index (χ0) is 14.2. The van der Waals surface area contributed by atoms with Crippen molar-refractivity contribution in [2.24, 2.45) is 5.92 Å². The van der Waals surface area contributed by atoms with Crippen molar-refractivity contribution in [3.8, 4) is 11.1 Å². The maximum atomic E-state index is 3.72. The Labute approximate surface area is 127 Å². The maximum Gasteiger partial charge on any atom is 0.0348 e. The molecule has 4 rings (SSSR count). The van der Waals surface area contributed by atoms with Crippen LogP contribution in [0.4, 0.5) is 0 Å². The minimum Gasteiger partial charge on any atom is -0.310 e. The van der Waals surface area contributed by atoms with E-state index in [0.717, 1.165) is 18.9 Å². The molecule has 0 bridgehead atoms. The highest BCUT2D eigenvalue weighted by atomic mass is 14.9. The summed E-state index contributed by atoms with van der Waals surface area (Å²) in [4.78, 5) is 0. The summed E-state index contributed by atoms with van der Waals surface area (Å²) in [6, 6.07) is 16.6. The summed E-state index contributed by atoms with van der Waals surface area (Å²) in [6.45, 7) is 3.27. The van der Waals surface area contributed by atoms with Crippen molar-refractivity contribution < 1.29 is 0 Å². The van der Waals surface area contributed by atoms with Crippen molar-refractivity contribution in [2.45, 2.75) is 38.6 Å². The van der Waals surface area contributed by atoms with Gasteiger partial charge in [0.15, 0.2) is 0 Å². The molecule has 1 N–H and O–H groups in total. The minimum absolute atomic E-state index is 0.543. The molecular weight excluding hydrogens is 254 g/mol. The van der Waals surface area contributed by atoms with Crippen molar-refractivity contribution >= 4 is 0 Å². The van der Waals surface area contributed by atoms with Crippen molar-refractivity contribution in [3.63, 3.8) is 0 Å². The predicted octanol–water partition coefficient (Wildman–Crippen LogP) is 4.71. The van der Waals surface area contributed by atoms with E-state index >= 15 is 0 Å². The molecule has 1 saturated carbocycles. The third kappa shape index (κ3) is 2.20. The molecule has 2 aliphatic rings. The smallest absolute Gasteiger partial charge is 0.0348 e. The van der Waals surface area contributed by atoms with Crippen LogP contribution >= 0.6 is 0 Å². The summed E-state index contributed by atoms with van der Waals surface area (Å²) in [7, 11) is 0. The predicted molar refractivity (Wildman–Crippen MR) is 88.4 cm³/mol. The molecule has 0 amide bonds. The molecular formula is C20H23N. The van der Waals surface area contributed by atoms with Gasteiger partial charge in [0.2, 0.25) is 0 Å². The highest BCUT2D eigenvalue weighted by molar-refractivity contribution is 5.77. The monoisotopic (exact) mass is 277 g/mol. The van der Waals surface area contributed by atoms with Crippen molar-refractivity contribution in [1.29, 1.82) is 0 Å². The van der Waals surface area contributed by atoms with Gasteiger partial charge in [-0.05, 0) is 65.6 Å². The fraction of sp³-hybridized carbons (Fsp3) is 0.400. The first-order valence-corrected chi connectivity index (χ1v) is 8.31. The molecule has 1 unspecified atom stereocenters. The Morgan fingerprint density at radius 1 is 1.05 bits per heavy atom. The number of hydrogen-bond acceptors (Lipinski definition) is 1. The third-order valence-electron chi connectivity index (χ3n) is 5.23. The Morgan fingerprint density at radius 2 is 1.86 bits per heavy atom. The maximum absolute atomic E-state index is 3.72. The van der Waals surface area contributed by atoms with E-state index in [0.29, 0.717) is 6.04 Å². The number of fused-ring (bicyclic) bond motifs is 3. The first kappa shape index (κ1) is 13.1. The summed E-state index contributed by atoms with van der Waals surface area (Å²) in [5, 5.41) is 3.72. The number of rotatable bonds is 4. The quantitative estimate of drug-likeness (QED) is 0.728. The molecule has 1 fully saturated rings. The van der Waals surface area contributed by atoms with E-state index in [-0.39, 0.29) is 0 Å². The Kier molecular flexibility index (Phi) is 3.31. The van der Waals surface area contributed by atoms with Crippen LogP contribution in [0.25, 0.3) is 11.1 Å². The van der Waals surface area contributed by atoms with Gasteiger partial charge in [-0.25, -0.2) is 0 Å². The molecule has 2 aromatic rings. The van der Waals surface area contributed by atoms with Gasteiger partial charge >= 0.3 is 0 Å². The van der Waals surface area contributed by atoms with Gasteiger partial charge in [-0.15, -0.1) is 0 Å². The zero-order valence-corrected chi connectivity index (χ0v) is 12.7. The molecule has 1 heteroatoms. The van der Waals surface area contributed by atoms with Crippen molar-refractivity contribution in [3.05, 3.63) is 59.2 Å². The summed E-state index contributed by atoms with van der Waals surface area (Å²) in [5.74, 6) is 0.833. The molecule has 0 heterocycles. The van der Waals surface area contributed by atoms with Crippen LogP contribution in [0.2, 0.25) is 0 Å². The van der Waals surface area contributed by atoms with Gasteiger partial charge in [0, 0.05) is 6.04 Å². The first-order valence-electron chi connectivity index (χ1n) is 8.31. The lowest BCUT2D eigenvalue weighted by Gasteiger charge is -2.35. The number of benzene rings is 2. The minimum atomic E-state index is 0.543. The first-order chi connectivity index (χ1) is 10.4. The Bertz CT molecular complexity index is 655. The third-order valence-corrected chi connectivity index (χ3v) is 5.23. The second-order valence-corrected chi connectivity index (χ2v) is 6.48. The second-order valence-electron chi connectivity index (χ2n) is 6.48. The molecule has 0 saturated heterocycles. The zero-order valence-electron chi connectivity index (χ0n) is 12.7. The average molecular weight is 277 g/mol. The molecule has 2 aromatic carbocycles. The molecule has 0 aliphatic heterocycles. The van der Waals surface area contributed by atoms with Crippen LogP contribution in [0.1, 0.15) is 48.9 Å². The summed E-state index contributed by atoms with van der Waals surface area (Å²) < 4.78 is 0. The Hall–Kier alpha value is -1.60. The number of hydrogen-bond donors (Lipinski definition) is 1. The van der Waals surface area contributed by atoms with Crippen LogP contribution in [0.3, 0.4) is 0 Å². The van der Waals surface area contributed by atoms with Gasteiger partial charge in [0.25, 0.3) is 0 Å². The molecule has 0 spiro atoms. The van der Waals surface area contributed by atoms with Gasteiger partial charge in [-0.3, -0.25) is 0 Å². The van der Waals surface area contributed by atoms with Gasteiger partial charge in [0.05, 0.1) is 0 Å². The average Bonchev–Trinajstić information content (AvgIpc) is 2.82. The van der Waals surface area contributed by atoms with Crippen molar-refractivity contribution in [2.75, 3.05) is 6.54 Å². The van der Waals surface area contributed by atoms with E-state index in [9.17, 15) is 0 Å². The van der Waals surface area contributed by atoms with Crippen LogP contribution in [0.5, 0.6) is 0 Å². The van der Waals surface area contributed by atoms with E-state index in [1.807, 2.05) is 0 Å². The van der Waals surface area contributed by atoms with Crippen LogP contribution in [-0.2, 0) is 6.42 Å². The van der Waals surface area contributed by atoms with E-state index in [1.165, 1.54) is 47.1 Å².